The van der Waals surface area contributed by atoms with Gasteiger partial charge in [0.05, 0.1) is 25.7 Å². The normalized spacial score (nSPS) is 25.8. The number of rotatable bonds is 5. The molecule has 26 heavy (non-hydrogen) atoms. The number of nitrogens with one attached hydrogen (secondary N) is 1. The summed E-state index contributed by atoms with van der Waals surface area (Å²) >= 11 is 0. The number of anilines is 1. The quantitative estimate of drug-likeness (QED) is 0.492. The Morgan fingerprint density at radius 1 is 1.23 bits per heavy atom. The lowest BCUT2D eigenvalue weighted by molar-refractivity contribution is -0.0511. The number of furan rings is 1. The molecule has 10 heteroatoms. The number of aliphatic hydroxyl groups excluding tert-OH is 3. The molecule has 0 unspecified atom stereocenters. The Morgan fingerprint density at radius 2 is 2.08 bits per heavy atom. The summed E-state index contributed by atoms with van der Waals surface area (Å²) < 4.78 is 12.5. The Balaban J connectivity index is 1.61. The van der Waals surface area contributed by atoms with Crippen LogP contribution >= 0.6 is 0 Å². The van der Waals surface area contributed by atoms with Crippen LogP contribution in [0.2, 0.25) is 0 Å². The van der Waals surface area contributed by atoms with Crippen LogP contribution in [0, 0.1) is 6.92 Å². The summed E-state index contributed by atoms with van der Waals surface area (Å²) in [6.07, 6.45) is 0.338. The number of aliphatic hydroxyl groups is 3. The van der Waals surface area contributed by atoms with Crippen molar-refractivity contribution < 1.29 is 24.5 Å². The van der Waals surface area contributed by atoms with Crippen molar-refractivity contribution in [3.63, 3.8) is 0 Å². The van der Waals surface area contributed by atoms with Gasteiger partial charge in [-0.1, -0.05) is 0 Å². The average Bonchev–Trinajstić information content (AvgIpc) is 3.32. The highest BCUT2D eigenvalue weighted by atomic mass is 16.6. The Labute approximate surface area is 148 Å². The van der Waals surface area contributed by atoms with E-state index in [1.165, 1.54) is 17.2 Å². The molecule has 0 amide bonds. The fourth-order valence-electron chi connectivity index (χ4n) is 3.03. The van der Waals surface area contributed by atoms with E-state index < -0.39 is 31.1 Å². The number of imidazole rings is 1. The molecule has 0 bridgehead atoms. The van der Waals surface area contributed by atoms with E-state index in [0.29, 0.717) is 23.5 Å². The molecule has 0 spiro atoms. The molecule has 1 aliphatic rings. The van der Waals surface area contributed by atoms with Crippen molar-refractivity contribution in [2.24, 2.45) is 0 Å². The summed E-state index contributed by atoms with van der Waals surface area (Å²) in [6.45, 7) is 1.98. The molecule has 4 rings (SSSR count). The molecule has 138 valence electrons. The van der Waals surface area contributed by atoms with Gasteiger partial charge in [-0.05, 0) is 18.6 Å². The highest BCUT2D eigenvalue weighted by Gasteiger charge is 2.44. The molecular weight excluding hydrogens is 342 g/mol. The molecular formula is C16H19N5O5. The number of fused-ring (bicyclic) bond motifs is 1. The Bertz CT molecular complexity index is 909. The molecule has 0 aliphatic carbocycles. The van der Waals surface area contributed by atoms with E-state index in [1.807, 2.05) is 13.0 Å². The molecule has 1 saturated heterocycles. The first-order valence-corrected chi connectivity index (χ1v) is 8.16. The van der Waals surface area contributed by atoms with Gasteiger partial charge in [0.2, 0.25) is 0 Å². The first-order chi connectivity index (χ1) is 12.6. The van der Waals surface area contributed by atoms with Gasteiger partial charge < -0.3 is 29.8 Å². The Morgan fingerprint density at radius 3 is 2.77 bits per heavy atom. The largest absolute Gasteiger partial charge is 0.467 e. The molecule has 0 saturated carbocycles. The van der Waals surface area contributed by atoms with E-state index in [2.05, 4.69) is 20.3 Å². The number of aromatic nitrogens is 4. The standard InChI is InChI=1S/C16H19N5O5/c1-8-2-9(25-5-8)3-17-14-11-15(19-6-18-14)21(7-20-11)16-13(24)12(23)10(4-22)26-16/h2,5-7,10,12-13,16,22-24H,3-4H2,1H3,(H,17,18,19)/t10-,12-,13+,16-/m1/s1. The van der Waals surface area contributed by atoms with Crippen LogP contribution in [0.3, 0.4) is 0 Å². The number of nitrogens with zero attached hydrogens (tertiary/aromatic N) is 4. The zero-order valence-corrected chi connectivity index (χ0v) is 14.0. The highest BCUT2D eigenvalue weighted by Crippen LogP contribution is 2.32. The minimum atomic E-state index is -1.21. The van der Waals surface area contributed by atoms with Crippen LogP contribution in [-0.4, -0.2) is 59.8 Å². The molecule has 4 N–H and O–H groups in total. The van der Waals surface area contributed by atoms with E-state index >= 15 is 0 Å². The third kappa shape index (κ3) is 2.82. The monoisotopic (exact) mass is 361 g/mol. The van der Waals surface area contributed by atoms with Crippen molar-refractivity contribution in [1.29, 1.82) is 0 Å². The summed E-state index contributed by atoms with van der Waals surface area (Å²) in [4.78, 5) is 12.7. The van der Waals surface area contributed by atoms with Crippen molar-refractivity contribution in [3.8, 4) is 0 Å². The van der Waals surface area contributed by atoms with Crippen LogP contribution in [-0.2, 0) is 11.3 Å². The predicted octanol–water partition coefficient (Wildman–Crippen LogP) is -0.0487. The van der Waals surface area contributed by atoms with Crippen molar-refractivity contribution in [3.05, 3.63) is 36.3 Å². The molecule has 1 fully saturated rings. The molecule has 4 atom stereocenters. The summed E-state index contributed by atoms with van der Waals surface area (Å²) in [7, 11) is 0. The first-order valence-electron chi connectivity index (χ1n) is 8.16. The lowest BCUT2D eigenvalue weighted by Gasteiger charge is -2.16. The Hall–Kier alpha value is -2.53. The molecule has 0 radical (unpaired) electrons. The molecule has 3 aromatic rings. The van der Waals surface area contributed by atoms with E-state index in [4.69, 9.17) is 9.15 Å². The SMILES string of the molecule is Cc1coc(CNc2ncnc3c2ncn3[C@@H]2O[C@H](CO)[C@@H](O)[C@@H]2O)c1. The molecule has 1 aliphatic heterocycles. The minimum Gasteiger partial charge on any atom is -0.467 e. The van der Waals surface area contributed by atoms with Gasteiger partial charge in [0, 0.05) is 0 Å². The summed E-state index contributed by atoms with van der Waals surface area (Å²) in [6, 6.07) is 1.92. The highest BCUT2D eigenvalue weighted by molar-refractivity contribution is 5.82. The second-order valence-electron chi connectivity index (χ2n) is 6.22. The lowest BCUT2D eigenvalue weighted by Crippen LogP contribution is -2.33. The summed E-state index contributed by atoms with van der Waals surface area (Å²) in [5.74, 6) is 1.27. The number of hydrogen-bond donors (Lipinski definition) is 4. The maximum absolute atomic E-state index is 10.2. The fourth-order valence-corrected chi connectivity index (χ4v) is 3.03. The number of hydrogen-bond acceptors (Lipinski definition) is 9. The van der Waals surface area contributed by atoms with Crippen molar-refractivity contribution >= 4 is 17.0 Å². The van der Waals surface area contributed by atoms with Crippen LogP contribution in [0.25, 0.3) is 11.2 Å². The second kappa shape index (κ2) is 6.65. The van der Waals surface area contributed by atoms with Crippen LogP contribution in [0.1, 0.15) is 17.6 Å². The van der Waals surface area contributed by atoms with Crippen molar-refractivity contribution in [2.75, 3.05) is 11.9 Å². The number of ether oxygens (including phenoxy) is 1. The fraction of sp³-hybridized carbons (Fsp3) is 0.438. The zero-order valence-electron chi connectivity index (χ0n) is 14.0. The van der Waals surface area contributed by atoms with Gasteiger partial charge in [-0.15, -0.1) is 0 Å². The van der Waals surface area contributed by atoms with Crippen LogP contribution in [0.5, 0.6) is 0 Å². The smallest absolute Gasteiger partial charge is 0.167 e. The second-order valence-corrected chi connectivity index (χ2v) is 6.22. The third-order valence-corrected chi connectivity index (χ3v) is 4.36. The topological polar surface area (TPSA) is 139 Å². The van der Waals surface area contributed by atoms with Gasteiger partial charge in [-0.3, -0.25) is 4.57 Å². The first kappa shape index (κ1) is 16.9. The number of aryl methyl sites for hydroxylation is 1. The van der Waals surface area contributed by atoms with Gasteiger partial charge in [0.25, 0.3) is 0 Å². The minimum absolute atomic E-state index is 0.397. The molecule has 10 nitrogen and oxygen atoms in total. The molecule has 4 heterocycles. The van der Waals surface area contributed by atoms with E-state index in [0.717, 1.165) is 11.3 Å². The van der Waals surface area contributed by atoms with E-state index in [-0.39, 0.29) is 0 Å². The zero-order chi connectivity index (χ0) is 18.3. The molecule has 0 aromatic carbocycles. The molecule has 3 aromatic heterocycles. The lowest BCUT2D eigenvalue weighted by atomic mass is 10.1. The van der Waals surface area contributed by atoms with Gasteiger partial charge in [-0.25, -0.2) is 15.0 Å². The maximum atomic E-state index is 10.2. The van der Waals surface area contributed by atoms with Gasteiger partial charge in [0.15, 0.2) is 23.2 Å². The summed E-state index contributed by atoms with van der Waals surface area (Å²) in [5, 5.41) is 32.5. The van der Waals surface area contributed by atoms with Gasteiger partial charge in [-0.2, -0.15) is 0 Å². The van der Waals surface area contributed by atoms with Gasteiger partial charge in [0.1, 0.15) is 30.4 Å². The maximum Gasteiger partial charge on any atom is 0.167 e. The predicted molar refractivity (Wildman–Crippen MR) is 89.1 cm³/mol. The van der Waals surface area contributed by atoms with Crippen molar-refractivity contribution in [1.82, 2.24) is 19.5 Å². The third-order valence-electron chi connectivity index (χ3n) is 4.36. The van der Waals surface area contributed by atoms with E-state index in [9.17, 15) is 15.3 Å². The van der Waals surface area contributed by atoms with Crippen LogP contribution in [0.15, 0.2) is 29.4 Å². The van der Waals surface area contributed by atoms with Crippen LogP contribution < -0.4 is 5.32 Å². The summed E-state index contributed by atoms with van der Waals surface area (Å²) in [5.41, 5.74) is 1.96. The van der Waals surface area contributed by atoms with Gasteiger partial charge >= 0.3 is 0 Å². The van der Waals surface area contributed by atoms with Crippen molar-refractivity contribution in [2.45, 2.75) is 38.0 Å². The average molecular weight is 361 g/mol. The van der Waals surface area contributed by atoms with Crippen LogP contribution in [0.4, 0.5) is 5.82 Å². The Kier molecular flexibility index (Phi) is 4.32. The van der Waals surface area contributed by atoms with E-state index in [1.54, 1.807) is 6.26 Å².